The van der Waals surface area contributed by atoms with Crippen LogP contribution < -0.4 is 20.7 Å². The molecule has 0 saturated carbocycles. The minimum absolute atomic E-state index is 0.0366. The van der Waals surface area contributed by atoms with Gasteiger partial charge < -0.3 is 19.9 Å². The Balaban J connectivity index is 1.20. The molecule has 9 heteroatoms. The van der Waals surface area contributed by atoms with Gasteiger partial charge in [-0.15, -0.1) is 0 Å². The zero-order chi connectivity index (χ0) is 27.7. The number of pyridine rings is 2. The van der Waals surface area contributed by atoms with Gasteiger partial charge in [-0.05, 0) is 70.0 Å². The van der Waals surface area contributed by atoms with Gasteiger partial charge in [0.1, 0.15) is 11.2 Å². The Kier molecular flexibility index (Phi) is 5.91. The second-order valence-electron chi connectivity index (χ2n) is 12.7. The molecule has 2 saturated heterocycles. The molecule has 5 heterocycles. The van der Waals surface area contributed by atoms with Crippen LogP contribution in [0.25, 0.3) is 11.0 Å². The maximum Gasteiger partial charge on any atom is 0.408 e. The maximum absolute atomic E-state index is 12.8. The standard InChI is InChI=1S/C30H38N6O3/c1-19-14-34(24-13-26(37)33(6)27-23(24)8-7-11-31-27)16-25-22-10-9-21(12-20(22)15-36(19)25)35-17-30(5,18-35)32-28(38)39-29(2,3)4/h7-13,19,25H,14-18H2,1-6H3,(H,32,38)/t19-,25-/m1/s1. The number of piperazine rings is 1. The van der Waals surface area contributed by atoms with E-state index in [2.05, 4.69) is 63.1 Å². The molecule has 0 bridgehead atoms. The van der Waals surface area contributed by atoms with E-state index in [1.807, 2.05) is 26.8 Å². The third-order valence-electron chi connectivity index (χ3n) is 8.24. The van der Waals surface area contributed by atoms with Crippen molar-refractivity contribution in [2.24, 2.45) is 7.05 Å². The number of aryl methyl sites for hydroxylation is 1. The lowest BCUT2D eigenvalue weighted by atomic mass is 9.91. The summed E-state index contributed by atoms with van der Waals surface area (Å²) in [5, 5.41) is 4.05. The van der Waals surface area contributed by atoms with Crippen LogP contribution in [0.3, 0.4) is 0 Å². The van der Waals surface area contributed by atoms with Crippen molar-refractivity contribution in [3.8, 4) is 0 Å². The molecule has 0 unspecified atom stereocenters. The van der Waals surface area contributed by atoms with E-state index in [1.165, 1.54) is 16.8 Å². The van der Waals surface area contributed by atoms with Gasteiger partial charge in [-0.3, -0.25) is 14.3 Å². The highest BCUT2D eigenvalue weighted by Gasteiger charge is 2.43. The summed E-state index contributed by atoms with van der Waals surface area (Å²) in [5.41, 5.74) is 4.73. The molecule has 1 amide bonds. The van der Waals surface area contributed by atoms with E-state index in [0.717, 1.165) is 43.8 Å². The van der Waals surface area contributed by atoms with Gasteiger partial charge in [-0.25, -0.2) is 9.78 Å². The summed E-state index contributed by atoms with van der Waals surface area (Å²) in [6, 6.07) is 13.1. The summed E-state index contributed by atoms with van der Waals surface area (Å²) in [4.78, 5) is 36.8. The quantitative estimate of drug-likeness (QED) is 0.552. The molecular weight excluding hydrogens is 492 g/mol. The lowest BCUT2D eigenvalue weighted by molar-refractivity contribution is 0.0445. The first-order valence-electron chi connectivity index (χ1n) is 13.8. The third-order valence-corrected chi connectivity index (χ3v) is 8.24. The average molecular weight is 531 g/mol. The normalized spacial score (nSPS) is 22.3. The van der Waals surface area contributed by atoms with Crippen molar-refractivity contribution in [2.75, 3.05) is 36.0 Å². The molecule has 0 aliphatic carbocycles. The minimum atomic E-state index is -0.512. The van der Waals surface area contributed by atoms with E-state index < -0.39 is 5.60 Å². The summed E-state index contributed by atoms with van der Waals surface area (Å²) in [5.74, 6) is 0. The number of amides is 1. The molecule has 0 radical (unpaired) electrons. The highest BCUT2D eigenvalue weighted by molar-refractivity contribution is 5.89. The number of benzene rings is 1. The molecule has 2 atom stereocenters. The number of fused-ring (bicyclic) bond motifs is 4. The summed E-state index contributed by atoms with van der Waals surface area (Å²) >= 11 is 0. The minimum Gasteiger partial charge on any atom is -0.444 e. The smallest absolute Gasteiger partial charge is 0.408 e. The van der Waals surface area contributed by atoms with Crippen LogP contribution in [0.2, 0.25) is 0 Å². The van der Waals surface area contributed by atoms with Gasteiger partial charge in [0.2, 0.25) is 0 Å². The van der Waals surface area contributed by atoms with E-state index in [4.69, 9.17) is 4.74 Å². The number of rotatable bonds is 3. The van der Waals surface area contributed by atoms with Crippen LogP contribution >= 0.6 is 0 Å². The largest absolute Gasteiger partial charge is 0.444 e. The van der Waals surface area contributed by atoms with Crippen molar-refractivity contribution in [2.45, 2.75) is 64.4 Å². The van der Waals surface area contributed by atoms with Gasteiger partial charge in [0.25, 0.3) is 5.56 Å². The second kappa shape index (κ2) is 8.98. The Bertz CT molecular complexity index is 1500. The van der Waals surface area contributed by atoms with E-state index in [1.54, 1.807) is 23.9 Å². The predicted molar refractivity (Wildman–Crippen MR) is 153 cm³/mol. The first kappa shape index (κ1) is 25.7. The zero-order valence-electron chi connectivity index (χ0n) is 23.7. The van der Waals surface area contributed by atoms with Gasteiger partial charge in [-0.2, -0.15) is 0 Å². The Hall–Kier alpha value is -3.59. The summed E-state index contributed by atoms with van der Waals surface area (Å²) in [6.07, 6.45) is 1.37. The van der Waals surface area contributed by atoms with Crippen LogP contribution in [0.4, 0.5) is 16.2 Å². The maximum atomic E-state index is 12.8. The first-order valence-corrected chi connectivity index (χ1v) is 13.8. The number of nitrogens with zero attached hydrogens (tertiary/aromatic N) is 5. The number of carbonyl (C=O) groups is 1. The fourth-order valence-corrected chi connectivity index (χ4v) is 6.44. The zero-order valence-corrected chi connectivity index (χ0v) is 23.7. The fraction of sp³-hybridized carbons (Fsp3) is 0.500. The van der Waals surface area contributed by atoms with Crippen molar-refractivity contribution in [1.29, 1.82) is 0 Å². The van der Waals surface area contributed by atoms with Crippen molar-refractivity contribution < 1.29 is 9.53 Å². The highest BCUT2D eigenvalue weighted by Crippen LogP contribution is 2.42. The molecule has 3 aromatic rings. The molecule has 6 rings (SSSR count). The van der Waals surface area contributed by atoms with Crippen LogP contribution in [0, 0.1) is 0 Å². The third kappa shape index (κ3) is 4.62. The van der Waals surface area contributed by atoms with Crippen molar-refractivity contribution in [3.05, 3.63) is 64.1 Å². The van der Waals surface area contributed by atoms with Gasteiger partial charge in [0, 0.05) is 69.2 Å². The predicted octanol–water partition coefficient (Wildman–Crippen LogP) is 3.80. The van der Waals surface area contributed by atoms with Gasteiger partial charge >= 0.3 is 6.09 Å². The number of ether oxygens (including phenoxy) is 1. The van der Waals surface area contributed by atoms with Crippen molar-refractivity contribution in [1.82, 2.24) is 19.8 Å². The lowest BCUT2D eigenvalue weighted by Gasteiger charge is -2.49. The molecule has 39 heavy (non-hydrogen) atoms. The Morgan fingerprint density at radius 2 is 1.90 bits per heavy atom. The molecule has 9 nitrogen and oxygen atoms in total. The summed E-state index contributed by atoms with van der Waals surface area (Å²) in [7, 11) is 1.78. The SMILES string of the molecule is C[C@@H]1CN(c2cc(=O)n(C)c3ncccc23)C[C@@H]2c3ccc(N4CC(C)(NC(=O)OC(C)(C)C)C4)cc3CN12. The average Bonchev–Trinajstić information content (AvgIpc) is 3.22. The number of hydrogen-bond donors (Lipinski definition) is 1. The molecule has 0 spiro atoms. The topological polar surface area (TPSA) is 82.9 Å². The number of aromatic nitrogens is 2. The summed E-state index contributed by atoms with van der Waals surface area (Å²) in [6.45, 7) is 14.1. The first-order chi connectivity index (χ1) is 18.4. The molecule has 2 aromatic heterocycles. The second-order valence-corrected chi connectivity index (χ2v) is 12.7. The van der Waals surface area contributed by atoms with Crippen LogP contribution in [0.1, 0.15) is 51.8 Å². The summed E-state index contributed by atoms with van der Waals surface area (Å²) < 4.78 is 7.07. The van der Waals surface area contributed by atoms with E-state index in [-0.39, 0.29) is 23.2 Å². The molecular formula is C30H38N6O3. The van der Waals surface area contributed by atoms with Crippen LogP contribution in [-0.4, -0.2) is 63.9 Å². The number of carbonyl (C=O) groups excluding carboxylic acids is 1. The van der Waals surface area contributed by atoms with Crippen molar-refractivity contribution >= 4 is 28.5 Å². The van der Waals surface area contributed by atoms with E-state index in [0.29, 0.717) is 11.7 Å². The van der Waals surface area contributed by atoms with Crippen LogP contribution in [0.5, 0.6) is 0 Å². The number of hydrogen-bond acceptors (Lipinski definition) is 7. The molecule has 206 valence electrons. The van der Waals surface area contributed by atoms with Gasteiger partial charge in [-0.1, -0.05) is 6.07 Å². The highest BCUT2D eigenvalue weighted by atomic mass is 16.6. The Labute approximate surface area is 229 Å². The van der Waals surface area contributed by atoms with Crippen LogP contribution in [-0.2, 0) is 18.3 Å². The van der Waals surface area contributed by atoms with Gasteiger partial charge in [0.15, 0.2) is 0 Å². The molecule has 2 fully saturated rings. The molecule has 3 aliphatic heterocycles. The monoisotopic (exact) mass is 530 g/mol. The van der Waals surface area contributed by atoms with Gasteiger partial charge in [0.05, 0.1) is 17.3 Å². The van der Waals surface area contributed by atoms with Crippen molar-refractivity contribution in [3.63, 3.8) is 0 Å². The molecule has 3 aliphatic rings. The Morgan fingerprint density at radius 1 is 1.13 bits per heavy atom. The Morgan fingerprint density at radius 3 is 2.64 bits per heavy atom. The number of anilines is 2. The van der Waals surface area contributed by atoms with Crippen LogP contribution in [0.15, 0.2) is 47.4 Å². The van der Waals surface area contributed by atoms with E-state index in [9.17, 15) is 9.59 Å². The number of nitrogens with one attached hydrogen (secondary N) is 1. The molecule has 1 N–H and O–H groups in total. The molecule has 1 aromatic carbocycles. The number of alkyl carbamates (subject to hydrolysis) is 1. The lowest BCUT2D eigenvalue weighted by Crippen LogP contribution is -2.69. The fourth-order valence-electron chi connectivity index (χ4n) is 6.44. The van der Waals surface area contributed by atoms with E-state index >= 15 is 0 Å².